The summed E-state index contributed by atoms with van der Waals surface area (Å²) in [5.74, 6) is -0.0917. The molecule has 18 heavy (non-hydrogen) atoms. The van der Waals surface area contributed by atoms with Crippen molar-refractivity contribution in [2.24, 2.45) is 0 Å². The van der Waals surface area contributed by atoms with Gasteiger partial charge in [-0.2, -0.15) is 0 Å². The van der Waals surface area contributed by atoms with Crippen LogP contribution >= 0.6 is 11.6 Å². The van der Waals surface area contributed by atoms with Crippen LogP contribution in [0, 0.1) is 0 Å². The van der Waals surface area contributed by atoms with E-state index in [1.165, 1.54) is 12.8 Å². The number of amides is 1. The van der Waals surface area contributed by atoms with Gasteiger partial charge < -0.3 is 4.90 Å². The van der Waals surface area contributed by atoms with Crippen LogP contribution < -0.4 is 0 Å². The molecule has 0 unspecified atom stereocenters. The van der Waals surface area contributed by atoms with Crippen LogP contribution in [0.1, 0.15) is 36.2 Å². The molecule has 1 heterocycles. The van der Waals surface area contributed by atoms with Gasteiger partial charge in [-0.05, 0) is 25.0 Å². The predicted octanol–water partition coefficient (Wildman–Crippen LogP) is 2.70. The topological polar surface area (TPSA) is 46.1 Å². The number of carbonyl (C=O) groups is 1. The monoisotopic (exact) mass is 265 g/mol. The van der Waals surface area contributed by atoms with Gasteiger partial charge in [0.15, 0.2) is 10.8 Å². The molecule has 1 aliphatic rings. The second-order valence-corrected chi connectivity index (χ2v) is 4.81. The van der Waals surface area contributed by atoms with Gasteiger partial charge >= 0.3 is 0 Å². The molecule has 0 aromatic carbocycles. The normalized spacial score (nSPS) is 15.6. The Balaban J connectivity index is 2.16. The van der Waals surface area contributed by atoms with E-state index >= 15 is 0 Å². The molecule has 4 nitrogen and oxygen atoms in total. The summed E-state index contributed by atoms with van der Waals surface area (Å²) in [6.07, 6.45) is 6.22. The third-order valence-corrected chi connectivity index (χ3v) is 3.40. The fourth-order valence-corrected chi connectivity index (χ4v) is 2.43. The van der Waals surface area contributed by atoms with Crippen molar-refractivity contribution >= 4 is 17.5 Å². The minimum Gasteiger partial charge on any atom is -0.331 e. The second kappa shape index (κ2) is 5.96. The summed E-state index contributed by atoms with van der Waals surface area (Å²) in [6.45, 7) is 4.26. The van der Waals surface area contributed by atoms with Gasteiger partial charge in [-0.25, -0.2) is 0 Å². The van der Waals surface area contributed by atoms with Gasteiger partial charge in [-0.15, -0.1) is 16.8 Å². The highest BCUT2D eigenvalue weighted by Crippen LogP contribution is 2.24. The molecule has 2 rings (SSSR count). The Bertz CT molecular complexity index is 426. The molecule has 1 fully saturated rings. The molecule has 1 aliphatic carbocycles. The maximum absolute atomic E-state index is 12.4. The van der Waals surface area contributed by atoms with Crippen molar-refractivity contribution in [3.05, 3.63) is 35.6 Å². The van der Waals surface area contributed by atoms with E-state index in [1.807, 2.05) is 4.90 Å². The summed E-state index contributed by atoms with van der Waals surface area (Å²) < 4.78 is 0. The van der Waals surface area contributed by atoms with Crippen LogP contribution in [0.3, 0.4) is 0 Å². The lowest BCUT2D eigenvalue weighted by atomic mass is 10.2. The van der Waals surface area contributed by atoms with Crippen LogP contribution in [0.4, 0.5) is 0 Å². The number of carbonyl (C=O) groups excluding carboxylic acids is 1. The SMILES string of the molecule is C=CCN(C(=O)c1ccc(Cl)nn1)C1CCCC1. The molecule has 0 saturated heterocycles. The highest BCUT2D eigenvalue weighted by atomic mass is 35.5. The van der Waals surface area contributed by atoms with Gasteiger partial charge in [-0.3, -0.25) is 4.79 Å². The van der Waals surface area contributed by atoms with E-state index in [0.717, 1.165) is 12.8 Å². The summed E-state index contributed by atoms with van der Waals surface area (Å²) >= 11 is 5.67. The third-order valence-electron chi connectivity index (χ3n) is 3.20. The van der Waals surface area contributed by atoms with E-state index in [2.05, 4.69) is 16.8 Å². The Labute approximate surface area is 112 Å². The standard InChI is InChI=1S/C13H16ClN3O/c1-2-9-17(10-5-3-4-6-10)13(18)11-7-8-12(14)16-15-11/h2,7-8,10H,1,3-6,9H2. The molecule has 1 aromatic rings. The summed E-state index contributed by atoms with van der Waals surface area (Å²) in [7, 11) is 0. The average Bonchev–Trinajstić information content (AvgIpc) is 2.90. The lowest BCUT2D eigenvalue weighted by Gasteiger charge is -2.27. The summed E-state index contributed by atoms with van der Waals surface area (Å²) in [4.78, 5) is 14.2. The van der Waals surface area contributed by atoms with Gasteiger partial charge in [0.05, 0.1) is 0 Å². The highest BCUT2D eigenvalue weighted by molar-refractivity contribution is 6.29. The van der Waals surface area contributed by atoms with Crippen LogP contribution in [0.5, 0.6) is 0 Å². The van der Waals surface area contributed by atoms with Gasteiger partial charge in [0, 0.05) is 12.6 Å². The molecule has 0 radical (unpaired) electrons. The first-order valence-corrected chi connectivity index (χ1v) is 6.51. The predicted molar refractivity (Wildman–Crippen MR) is 70.5 cm³/mol. The smallest absolute Gasteiger partial charge is 0.274 e. The zero-order valence-electron chi connectivity index (χ0n) is 10.2. The van der Waals surface area contributed by atoms with Gasteiger partial charge in [0.1, 0.15) is 0 Å². The van der Waals surface area contributed by atoms with Crippen molar-refractivity contribution < 1.29 is 4.79 Å². The summed E-state index contributed by atoms with van der Waals surface area (Å²) in [6, 6.07) is 3.50. The average molecular weight is 266 g/mol. The van der Waals surface area contributed by atoms with E-state index < -0.39 is 0 Å². The third kappa shape index (κ3) is 2.88. The van der Waals surface area contributed by atoms with Crippen LogP contribution in [-0.2, 0) is 0 Å². The number of rotatable bonds is 4. The zero-order valence-corrected chi connectivity index (χ0v) is 10.9. The molecule has 1 aromatic heterocycles. The van der Waals surface area contributed by atoms with Crippen molar-refractivity contribution in [1.82, 2.24) is 15.1 Å². The molecule has 0 spiro atoms. The molecule has 96 valence electrons. The molecule has 0 atom stereocenters. The fourth-order valence-electron chi connectivity index (χ4n) is 2.33. The number of nitrogens with zero attached hydrogens (tertiary/aromatic N) is 3. The van der Waals surface area contributed by atoms with Crippen molar-refractivity contribution in [1.29, 1.82) is 0 Å². The van der Waals surface area contributed by atoms with Crippen LogP contribution in [0.25, 0.3) is 0 Å². The maximum atomic E-state index is 12.4. The molecule has 1 saturated carbocycles. The van der Waals surface area contributed by atoms with E-state index in [-0.39, 0.29) is 5.91 Å². The summed E-state index contributed by atoms with van der Waals surface area (Å²) in [5.41, 5.74) is 0.341. The Hall–Kier alpha value is -1.42. The van der Waals surface area contributed by atoms with Gasteiger partial charge in [0.25, 0.3) is 5.91 Å². The first-order valence-electron chi connectivity index (χ1n) is 6.13. The molecule has 0 bridgehead atoms. The van der Waals surface area contributed by atoms with Crippen molar-refractivity contribution in [2.45, 2.75) is 31.7 Å². The summed E-state index contributed by atoms with van der Waals surface area (Å²) in [5, 5.41) is 7.85. The Kier molecular flexibility index (Phi) is 4.31. The lowest BCUT2D eigenvalue weighted by molar-refractivity contribution is 0.0699. The largest absolute Gasteiger partial charge is 0.331 e. The number of hydrogen-bond donors (Lipinski definition) is 0. The maximum Gasteiger partial charge on any atom is 0.274 e. The Morgan fingerprint density at radius 2 is 2.17 bits per heavy atom. The molecular weight excluding hydrogens is 250 g/mol. The van der Waals surface area contributed by atoms with Crippen LogP contribution in [0.15, 0.2) is 24.8 Å². The van der Waals surface area contributed by atoms with Gasteiger partial charge in [0.2, 0.25) is 0 Å². The van der Waals surface area contributed by atoms with E-state index in [1.54, 1.807) is 18.2 Å². The second-order valence-electron chi connectivity index (χ2n) is 4.43. The van der Waals surface area contributed by atoms with E-state index in [9.17, 15) is 4.79 Å². The fraction of sp³-hybridized carbons (Fsp3) is 0.462. The van der Waals surface area contributed by atoms with E-state index in [0.29, 0.717) is 23.4 Å². The number of hydrogen-bond acceptors (Lipinski definition) is 3. The first kappa shape index (κ1) is 13.0. The minimum absolute atomic E-state index is 0.0917. The molecule has 0 aliphatic heterocycles. The van der Waals surface area contributed by atoms with E-state index in [4.69, 9.17) is 11.6 Å². The number of aromatic nitrogens is 2. The Morgan fingerprint density at radius 3 is 2.72 bits per heavy atom. The highest BCUT2D eigenvalue weighted by Gasteiger charge is 2.27. The molecular formula is C13H16ClN3O. The lowest BCUT2D eigenvalue weighted by Crippen LogP contribution is -2.39. The van der Waals surface area contributed by atoms with Crippen LogP contribution in [0.2, 0.25) is 5.15 Å². The Morgan fingerprint density at radius 1 is 1.44 bits per heavy atom. The number of halogens is 1. The van der Waals surface area contributed by atoms with Gasteiger partial charge in [-0.1, -0.05) is 30.5 Å². The molecule has 1 amide bonds. The van der Waals surface area contributed by atoms with Crippen molar-refractivity contribution in [2.75, 3.05) is 6.54 Å². The van der Waals surface area contributed by atoms with Crippen LogP contribution in [-0.4, -0.2) is 33.6 Å². The molecule has 5 heteroatoms. The zero-order chi connectivity index (χ0) is 13.0. The van der Waals surface area contributed by atoms with Crippen molar-refractivity contribution in [3.63, 3.8) is 0 Å². The first-order chi connectivity index (χ1) is 8.72. The van der Waals surface area contributed by atoms with Crippen molar-refractivity contribution in [3.8, 4) is 0 Å². The quantitative estimate of drug-likeness (QED) is 0.787. The molecule has 0 N–H and O–H groups in total. The minimum atomic E-state index is -0.0917.